The van der Waals surface area contributed by atoms with Gasteiger partial charge in [0.25, 0.3) is 5.69 Å². The molecule has 1 aromatic rings. The molecule has 1 unspecified atom stereocenters. The standard InChI is InChI=1S/C10H15N3O5S/c1-7(14)6-12(2)19(17,18)8-3-4-10(13(15)16)9(11)5-8/h3-5,7,14H,6,11H2,1-2H3. The quantitative estimate of drug-likeness (QED) is 0.452. The number of benzene rings is 1. The first-order valence-corrected chi connectivity index (χ1v) is 6.78. The molecular weight excluding hydrogens is 274 g/mol. The van der Waals surface area contributed by atoms with Crippen molar-refractivity contribution in [1.29, 1.82) is 0 Å². The van der Waals surface area contributed by atoms with Crippen LogP contribution in [0, 0.1) is 10.1 Å². The van der Waals surface area contributed by atoms with Gasteiger partial charge in [-0.05, 0) is 19.1 Å². The normalized spacial score (nSPS) is 13.5. The summed E-state index contributed by atoms with van der Waals surface area (Å²) < 4.78 is 25.1. The number of nitrogens with zero attached hydrogens (tertiary/aromatic N) is 2. The summed E-state index contributed by atoms with van der Waals surface area (Å²) in [5.41, 5.74) is 4.87. The highest BCUT2D eigenvalue weighted by Crippen LogP contribution is 2.25. The highest BCUT2D eigenvalue weighted by Gasteiger charge is 2.24. The molecule has 1 atom stereocenters. The maximum Gasteiger partial charge on any atom is 0.292 e. The van der Waals surface area contributed by atoms with E-state index in [1.54, 1.807) is 0 Å². The first-order chi connectivity index (χ1) is 8.66. The van der Waals surface area contributed by atoms with E-state index in [0.717, 1.165) is 22.5 Å². The predicted octanol–water partition coefficient (Wildman–Crippen LogP) is 0.178. The molecule has 0 aromatic heterocycles. The van der Waals surface area contributed by atoms with Crippen molar-refractivity contribution in [3.05, 3.63) is 28.3 Å². The Labute approximate surface area is 110 Å². The van der Waals surface area contributed by atoms with Crippen molar-refractivity contribution in [2.45, 2.75) is 17.9 Å². The molecule has 0 heterocycles. The number of nitrogens with two attached hydrogens (primary N) is 1. The largest absolute Gasteiger partial charge is 0.393 e. The predicted molar refractivity (Wildman–Crippen MR) is 69.0 cm³/mol. The van der Waals surface area contributed by atoms with E-state index in [1.165, 1.54) is 14.0 Å². The van der Waals surface area contributed by atoms with E-state index in [9.17, 15) is 23.6 Å². The van der Waals surface area contributed by atoms with E-state index in [4.69, 9.17) is 5.73 Å². The zero-order chi connectivity index (χ0) is 14.8. The highest BCUT2D eigenvalue weighted by atomic mass is 32.2. The van der Waals surface area contributed by atoms with Gasteiger partial charge in [-0.2, -0.15) is 4.31 Å². The van der Waals surface area contributed by atoms with Gasteiger partial charge in [-0.15, -0.1) is 0 Å². The maximum atomic E-state index is 12.1. The summed E-state index contributed by atoms with van der Waals surface area (Å²) in [5.74, 6) is 0. The third kappa shape index (κ3) is 3.40. The number of anilines is 1. The van der Waals surface area contributed by atoms with Gasteiger partial charge in [0, 0.05) is 19.7 Å². The van der Waals surface area contributed by atoms with Crippen molar-refractivity contribution in [3.63, 3.8) is 0 Å². The first-order valence-electron chi connectivity index (χ1n) is 5.34. The fraction of sp³-hybridized carbons (Fsp3) is 0.400. The Morgan fingerprint density at radius 2 is 2.11 bits per heavy atom. The molecule has 0 bridgehead atoms. The van der Waals surface area contributed by atoms with Crippen LogP contribution in [0.15, 0.2) is 23.1 Å². The van der Waals surface area contributed by atoms with Crippen LogP contribution >= 0.6 is 0 Å². The lowest BCUT2D eigenvalue weighted by Crippen LogP contribution is -2.33. The van der Waals surface area contributed by atoms with Crippen LogP contribution in [-0.2, 0) is 10.0 Å². The molecule has 0 saturated carbocycles. The molecule has 0 aliphatic heterocycles. The minimum Gasteiger partial charge on any atom is -0.393 e. The average molecular weight is 289 g/mol. The molecule has 0 spiro atoms. The Morgan fingerprint density at radius 1 is 1.53 bits per heavy atom. The molecule has 19 heavy (non-hydrogen) atoms. The molecular formula is C10H15N3O5S. The Kier molecular flexibility index (Phi) is 4.45. The van der Waals surface area contributed by atoms with Gasteiger partial charge >= 0.3 is 0 Å². The van der Waals surface area contributed by atoms with Crippen molar-refractivity contribution < 1.29 is 18.4 Å². The van der Waals surface area contributed by atoms with Crippen LogP contribution < -0.4 is 5.73 Å². The van der Waals surface area contributed by atoms with Gasteiger partial charge in [0.1, 0.15) is 5.69 Å². The van der Waals surface area contributed by atoms with Gasteiger partial charge in [0.2, 0.25) is 10.0 Å². The van der Waals surface area contributed by atoms with Crippen molar-refractivity contribution >= 4 is 21.4 Å². The smallest absolute Gasteiger partial charge is 0.292 e. The molecule has 0 amide bonds. The third-order valence-electron chi connectivity index (χ3n) is 2.43. The number of hydrogen-bond acceptors (Lipinski definition) is 6. The van der Waals surface area contributed by atoms with E-state index in [1.807, 2.05) is 0 Å². The van der Waals surface area contributed by atoms with E-state index in [2.05, 4.69) is 0 Å². The van der Waals surface area contributed by atoms with Crippen LogP contribution in [0.3, 0.4) is 0 Å². The fourth-order valence-corrected chi connectivity index (χ4v) is 2.80. The molecule has 0 saturated heterocycles. The summed E-state index contributed by atoms with van der Waals surface area (Å²) in [6, 6.07) is 3.19. The Morgan fingerprint density at radius 3 is 2.53 bits per heavy atom. The second-order valence-electron chi connectivity index (χ2n) is 4.11. The number of hydrogen-bond donors (Lipinski definition) is 2. The lowest BCUT2D eigenvalue weighted by Gasteiger charge is -2.18. The van der Waals surface area contributed by atoms with Crippen LogP contribution in [0.25, 0.3) is 0 Å². The lowest BCUT2D eigenvalue weighted by atomic mass is 10.3. The molecule has 8 nitrogen and oxygen atoms in total. The van der Waals surface area contributed by atoms with Crippen LogP contribution in [0.4, 0.5) is 11.4 Å². The SMILES string of the molecule is CC(O)CN(C)S(=O)(=O)c1ccc([N+](=O)[O-])c(N)c1. The molecule has 0 radical (unpaired) electrons. The first kappa shape index (κ1) is 15.3. The number of nitro groups is 1. The molecule has 9 heteroatoms. The molecule has 1 aromatic carbocycles. The summed E-state index contributed by atoms with van der Waals surface area (Å²) in [7, 11) is -2.52. The lowest BCUT2D eigenvalue weighted by molar-refractivity contribution is -0.383. The van der Waals surface area contributed by atoms with E-state index in [-0.39, 0.29) is 22.8 Å². The van der Waals surface area contributed by atoms with E-state index in [0.29, 0.717) is 0 Å². The summed E-state index contributed by atoms with van der Waals surface area (Å²) in [6.07, 6.45) is -0.824. The molecule has 0 aliphatic carbocycles. The summed E-state index contributed by atoms with van der Waals surface area (Å²) in [4.78, 5) is 9.75. The van der Waals surface area contributed by atoms with Crippen LogP contribution in [-0.4, -0.2) is 42.4 Å². The monoisotopic (exact) mass is 289 g/mol. The average Bonchev–Trinajstić information content (AvgIpc) is 2.27. The Balaban J connectivity index is 3.16. The van der Waals surface area contributed by atoms with E-state index < -0.39 is 21.1 Å². The maximum absolute atomic E-state index is 12.1. The third-order valence-corrected chi connectivity index (χ3v) is 4.24. The number of sulfonamides is 1. The molecule has 1 rings (SSSR count). The van der Waals surface area contributed by atoms with Gasteiger partial charge in [-0.25, -0.2) is 8.42 Å². The van der Waals surface area contributed by atoms with Crippen LogP contribution in [0.5, 0.6) is 0 Å². The van der Waals surface area contributed by atoms with E-state index >= 15 is 0 Å². The van der Waals surface area contributed by atoms with Crippen molar-refractivity contribution in [3.8, 4) is 0 Å². The van der Waals surface area contributed by atoms with Gasteiger partial charge in [0.15, 0.2) is 0 Å². The summed E-state index contributed by atoms with van der Waals surface area (Å²) in [5, 5.41) is 19.8. The minimum atomic E-state index is -3.83. The number of aliphatic hydroxyl groups excluding tert-OH is 1. The molecule has 0 fully saturated rings. The molecule has 3 N–H and O–H groups in total. The van der Waals surface area contributed by atoms with Crippen LogP contribution in [0.1, 0.15) is 6.92 Å². The van der Waals surface area contributed by atoms with Gasteiger partial charge < -0.3 is 10.8 Å². The molecule has 106 valence electrons. The fourth-order valence-electron chi connectivity index (χ4n) is 1.51. The van der Waals surface area contributed by atoms with Crippen LogP contribution in [0.2, 0.25) is 0 Å². The number of nitrogen functional groups attached to an aromatic ring is 1. The summed E-state index contributed by atoms with van der Waals surface area (Å²) >= 11 is 0. The number of aliphatic hydroxyl groups is 1. The number of likely N-dealkylation sites (N-methyl/N-ethyl adjacent to an activating group) is 1. The Bertz CT molecular complexity index is 585. The topological polar surface area (TPSA) is 127 Å². The summed E-state index contributed by atoms with van der Waals surface area (Å²) in [6.45, 7) is 1.37. The highest BCUT2D eigenvalue weighted by molar-refractivity contribution is 7.89. The minimum absolute atomic E-state index is 0.0841. The molecule has 0 aliphatic rings. The number of nitro benzene ring substituents is 1. The van der Waals surface area contributed by atoms with Crippen molar-refractivity contribution in [1.82, 2.24) is 4.31 Å². The van der Waals surface area contributed by atoms with Gasteiger partial charge in [-0.1, -0.05) is 0 Å². The second-order valence-corrected chi connectivity index (χ2v) is 6.16. The van der Waals surface area contributed by atoms with Crippen molar-refractivity contribution in [2.75, 3.05) is 19.3 Å². The zero-order valence-corrected chi connectivity index (χ0v) is 11.3. The number of rotatable bonds is 5. The van der Waals surface area contributed by atoms with Gasteiger partial charge in [0.05, 0.1) is 15.9 Å². The zero-order valence-electron chi connectivity index (χ0n) is 10.5. The van der Waals surface area contributed by atoms with Gasteiger partial charge in [-0.3, -0.25) is 10.1 Å². The van der Waals surface area contributed by atoms with Crippen molar-refractivity contribution in [2.24, 2.45) is 0 Å². The second kappa shape index (κ2) is 5.51. The Hall–Kier alpha value is -1.71.